The number of carboxylic acid groups (broad SMARTS) is 1. The molecular formula is C41H57ClN2O8S. The maximum absolute atomic E-state index is 14.0. The smallest absolute Gasteiger partial charge is 0.410 e. The molecule has 12 heteroatoms. The van der Waals surface area contributed by atoms with Gasteiger partial charge in [0, 0.05) is 37.7 Å². The van der Waals surface area contributed by atoms with Gasteiger partial charge in [-0.05, 0) is 79.5 Å². The highest BCUT2D eigenvalue weighted by molar-refractivity contribution is 7.89. The molecule has 2 aromatic rings. The Morgan fingerprint density at radius 2 is 1.74 bits per heavy atom. The number of hydrogen-bond acceptors (Lipinski definition) is 7. The van der Waals surface area contributed by atoms with Crippen LogP contribution in [0, 0.1) is 11.3 Å². The van der Waals surface area contributed by atoms with Crippen LogP contribution in [0.2, 0.25) is 5.02 Å². The molecule has 292 valence electrons. The summed E-state index contributed by atoms with van der Waals surface area (Å²) < 4.78 is 48.2. The predicted molar refractivity (Wildman–Crippen MR) is 207 cm³/mol. The van der Waals surface area contributed by atoms with Crippen LogP contribution in [0.25, 0.3) is 0 Å². The van der Waals surface area contributed by atoms with Crippen molar-refractivity contribution in [3.05, 3.63) is 76.3 Å². The average molecular weight is 773 g/mol. The molecule has 0 aromatic heterocycles. The fourth-order valence-corrected chi connectivity index (χ4v) is 10.4. The maximum Gasteiger partial charge on any atom is 0.410 e. The molecular weight excluding hydrogens is 716 g/mol. The number of rotatable bonds is 12. The number of benzene rings is 2. The molecule has 3 fully saturated rings. The van der Waals surface area contributed by atoms with E-state index in [-0.39, 0.29) is 29.5 Å². The summed E-state index contributed by atoms with van der Waals surface area (Å²) in [4.78, 5) is 25.9. The van der Waals surface area contributed by atoms with Crippen molar-refractivity contribution in [3.63, 3.8) is 0 Å². The Balaban J connectivity index is 1.31. The Labute approximate surface area is 320 Å². The SMILES string of the molecule is C=C(C)[C@@H]1CC2(CCN(S(=O)(=O)C3CCN(C(=O)OCc4ccccc4)CC3)CC2)[C@@H](CCCC)O[C@H]1c1cc(C(C)(C)C)cc(Cl)c1OCC(=O)O. The summed E-state index contributed by atoms with van der Waals surface area (Å²) >= 11 is 6.83. The minimum absolute atomic E-state index is 0.125. The first-order valence-corrected chi connectivity index (χ1v) is 20.9. The molecule has 3 atom stereocenters. The summed E-state index contributed by atoms with van der Waals surface area (Å²) in [6.07, 6.45) is 4.55. The first kappa shape index (κ1) is 41.1. The fraction of sp³-hybridized carbons (Fsp3) is 0.610. The van der Waals surface area contributed by atoms with Crippen LogP contribution in [-0.2, 0) is 36.3 Å². The normalized spacial score (nSPS) is 22.8. The molecule has 0 bridgehead atoms. The van der Waals surface area contributed by atoms with Crippen molar-refractivity contribution in [1.82, 2.24) is 9.21 Å². The molecule has 5 rings (SSSR count). The van der Waals surface area contributed by atoms with Gasteiger partial charge in [-0.1, -0.05) is 94.6 Å². The third-order valence-electron chi connectivity index (χ3n) is 11.4. The number of carbonyl (C=O) groups is 2. The summed E-state index contributed by atoms with van der Waals surface area (Å²) in [6, 6.07) is 13.4. The minimum Gasteiger partial charge on any atom is -0.480 e. The number of carbonyl (C=O) groups excluding carboxylic acids is 1. The molecule has 1 N–H and O–H groups in total. The van der Waals surface area contributed by atoms with E-state index in [0.717, 1.165) is 47.9 Å². The van der Waals surface area contributed by atoms with E-state index in [2.05, 4.69) is 34.3 Å². The average Bonchev–Trinajstić information content (AvgIpc) is 3.12. The van der Waals surface area contributed by atoms with Crippen LogP contribution in [0.15, 0.2) is 54.6 Å². The van der Waals surface area contributed by atoms with Gasteiger partial charge in [0.05, 0.1) is 22.5 Å². The topological polar surface area (TPSA) is 123 Å². The lowest BCUT2D eigenvalue weighted by Crippen LogP contribution is -2.55. The standard InChI is InChI=1S/C41H57ClN2O8S/c1-7-8-14-35-41(25-33(28(2)3)37(52-35)32-23-30(40(4,5)6)24-34(42)38(32)50-27-36(45)46)17-21-44(22-18-41)53(48,49)31-15-19-43(20-16-31)39(47)51-26-29-12-10-9-11-13-29/h9-13,23-24,31,33,35,37H,2,7-8,14-22,25-27H2,1,3-6H3,(H,45,46)/t33-,35+,37-/m0/s1. The number of piperidine rings is 2. The summed E-state index contributed by atoms with van der Waals surface area (Å²) in [5, 5.41) is 9.26. The highest BCUT2D eigenvalue weighted by Gasteiger charge is 2.52. The highest BCUT2D eigenvalue weighted by Crippen LogP contribution is 2.56. The third-order valence-corrected chi connectivity index (χ3v) is 14.1. The van der Waals surface area contributed by atoms with Gasteiger partial charge in [0.2, 0.25) is 10.0 Å². The van der Waals surface area contributed by atoms with Crippen molar-refractivity contribution >= 4 is 33.7 Å². The van der Waals surface area contributed by atoms with Gasteiger partial charge in [0.25, 0.3) is 0 Å². The number of halogens is 1. The number of hydrogen-bond donors (Lipinski definition) is 1. The van der Waals surface area contributed by atoms with Gasteiger partial charge in [-0.15, -0.1) is 0 Å². The van der Waals surface area contributed by atoms with Crippen molar-refractivity contribution in [1.29, 1.82) is 0 Å². The van der Waals surface area contributed by atoms with E-state index in [1.807, 2.05) is 49.4 Å². The van der Waals surface area contributed by atoms with Crippen molar-refractivity contribution in [3.8, 4) is 5.75 Å². The number of likely N-dealkylation sites (tertiary alicyclic amines) is 1. The van der Waals surface area contributed by atoms with E-state index >= 15 is 0 Å². The Kier molecular flexibility index (Phi) is 13.3. The minimum atomic E-state index is -3.59. The summed E-state index contributed by atoms with van der Waals surface area (Å²) in [7, 11) is -3.59. The Bertz CT molecular complexity index is 1710. The highest BCUT2D eigenvalue weighted by atomic mass is 35.5. The predicted octanol–water partition coefficient (Wildman–Crippen LogP) is 8.53. The number of sulfonamides is 1. The van der Waals surface area contributed by atoms with Crippen molar-refractivity contribution in [2.24, 2.45) is 11.3 Å². The van der Waals surface area contributed by atoms with Crippen LogP contribution in [0.3, 0.4) is 0 Å². The molecule has 1 amide bonds. The van der Waals surface area contributed by atoms with Crippen LogP contribution in [0.4, 0.5) is 4.79 Å². The molecule has 0 unspecified atom stereocenters. The Hall–Kier alpha value is -3.12. The number of unbranched alkanes of at least 4 members (excludes halogenated alkanes) is 1. The molecule has 3 heterocycles. The zero-order valence-electron chi connectivity index (χ0n) is 31.9. The van der Waals surface area contributed by atoms with Crippen LogP contribution in [0.5, 0.6) is 5.75 Å². The molecule has 2 aromatic carbocycles. The van der Waals surface area contributed by atoms with Crippen molar-refractivity contribution in [2.75, 3.05) is 32.8 Å². The molecule has 3 saturated heterocycles. The lowest BCUT2D eigenvalue weighted by Gasteiger charge is -2.54. The third kappa shape index (κ3) is 9.58. The molecule has 3 aliphatic heterocycles. The monoisotopic (exact) mass is 772 g/mol. The second kappa shape index (κ2) is 17.1. The molecule has 0 aliphatic carbocycles. The van der Waals surface area contributed by atoms with Crippen molar-refractivity contribution < 1.29 is 37.3 Å². The number of ether oxygens (including phenoxy) is 3. The van der Waals surface area contributed by atoms with Gasteiger partial charge in [-0.25, -0.2) is 22.3 Å². The molecule has 0 radical (unpaired) electrons. The van der Waals surface area contributed by atoms with Crippen LogP contribution < -0.4 is 4.74 Å². The van der Waals surface area contributed by atoms with E-state index < -0.39 is 40.0 Å². The Morgan fingerprint density at radius 3 is 2.32 bits per heavy atom. The number of carboxylic acids is 1. The number of amides is 1. The quantitative estimate of drug-likeness (QED) is 0.213. The second-order valence-corrected chi connectivity index (χ2v) is 18.8. The van der Waals surface area contributed by atoms with E-state index in [0.29, 0.717) is 62.6 Å². The Morgan fingerprint density at radius 1 is 1.08 bits per heavy atom. The summed E-state index contributed by atoms with van der Waals surface area (Å²) in [5.74, 6) is -0.901. The zero-order valence-corrected chi connectivity index (χ0v) is 33.5. The zero-order chi connectivity index (χ0) is 38.6. The molecule has 1 spiro atoms. The van der Waals surface area contributed by atoms with Crippen LogP contribution in [-0.4, -0.2) is 78.9 Å². The van der Waals surface area contributed by atoms with Gasteiger partial charge >= 0.3 is 12.1 Å². The van der Waals surface area contributed by atoms with E-state index in [1.54, 1.807) is 9.21 Å². The van der Waals surface area contributed by atoms with Gasteiger partial charge in [-0.3, -0.25) is 0 Å². The maximum atomic E-state index is 14.0. The van der Waals surface area contributed by atoms with E-state index in [4.69, 9.17) is 25.8 Å². The first-order valence-electron chi connectivity index (χ1n) is 19.0. The van der Waals surface area contributed by atoms with E-state index in [9.17, 15) is 23.1 Å². The van der Waals surface area contributed by atoms with Gasteiger partial charge in [-0.2, -0.15) is 0 Å². The van der Waals surface area contributed by atoms with E-state index in [1.165, 1.54) is 0 Å². The van der Waals surface area contributed by atoms with Crippen LogP contribution >= 0.6 is 11.6 Å². The lowest BCUT2D eigenvalue weighted by molar-refractivity contribution is -0.170. The first-order chi connectivity index (χ1) is 25.1. The summed E-state index contributed by atoms with van der Waals surface area (Å²) in [5.41, 5.74) is 3.06. The second-order valence-electron chi connectivity index (χ2n) is 16.2. The number of nitrogens with zero attached hydrogens (tertiary/aromatic N) is 2. The van der Waals surface area contributed by atoms with Crippen molar-refractivity contribution in [2.45, 2.75) is 115 Å². The largest absolute Gasteiger partial charge is 0.480 e. The van der Waals surface area contributed by atoms with Gasteiger partial charge < -0.3 is 24.2 Å². The summed E-state index contributed by atoms with van der Waals surface area (Å²) in [6.45, 7) is 16.0. The molecule has 53 heavy (non-hydrogen) atoms. The van der Waals surface area contributed by atoms with Gasteiger partial charge in [0.1, 0.15) is 12.4 Å². The fourth-order valence-electron chi connectivity index (χ4n) is 8.19. The van der Waals surface area contributed by atoms with Crippen LogP contribution in [0.1, 0.15) is 109 Å². The molecule has 10 nitrogen and oxygen atoms in total. The lowest BCUT2D eigenvalue weighted by atomic mass is 9.63. The number of aliphatic carboxylic acids is 1. The molecule has 3 aliphatic rings. The molecule has 0 saturated carbocycles. The van der Waals surface area contributed by atoms with Gasteiger partial charge in [0.15, 0.2) is 6.61 Å².